The van der Waals surface area contributed by atoms with Crippen molar-refractivity contribution in [3.05, 3.63) is 140 Å². The second-order valence-electron chi connectivity index (χ2n) is 13.3. The highest BCUT2D eigenvalue weighted by molar-refractivity contribution is 6.42. The molecule has 0 saturated heterocycles. The molecule has 0 bridgehead atoms. The Morgan fingerprint density at radius 3 is 2.41 bits per heavy atom. The van der Waals surface area contributed by atoms with Gasteiger partial charge >= 0.3 is 5.97 Å². The van der Waals surface area contributed by atoms with Gasteiger partial charge in [-0.25, -0.2) is 4.79 Å². The number of aryl methyl sites for hydroxylation is 1. The number of amides is 1. The molecule has 3 atom stereocenters. The van der Waals surface area contributed by atoms with Gasteiger partial charge in [0.15, 0.2) is 17.6 Å². The Labute approximate surface area is 323 Å². The van der Waals surface area contributed by atoms with Crippen LogP contribution in [0.3, 0.4) is 0 Å². The zero-order valence-corrected chi connectivity index (χ0v) is 31.5. The monoisotopic (exact) mass is 767 g/mol. The molecule has 12 heteroatoms. The Morgan fingerprint density at radius 2 is 1.65 bits per heavy atom. The first-order valence-corrected chi connectivity index (χ1v) is 18.3. The van der Waals surface area contributed by atoms with E-state index in [1.807, 2.05) is 86.6 Å². The molecule has 0 aliphatic carbocycles. The fourth-order valence-electron chi connectivity index (χ4n) is 6.40. The van der Waals surface area contributed by atoms with Crippen molar-refractivity contribution in [2.45, 2.75) is 58.0 Å². The maximum atomic E-state index is 13.5. The van der Waals surface area contributed by atoms with Gasteiger partial charge in [-0.15, -0.1) is 0 Å². The summed E-state index contributed by atoms with van der Waals surface area (Å²) in [4.78, 5) is 30.6. The lowest BCUT2D eigenvalue weighted by atomic mass is 9.94. The SMILES string of the molecule is COC(=O)[C@H](Cc1ccc(Oc2ccnc(C)c2C)cc1)NC(=O)C1Cc2cc3c(cc2CN1)OC(c1ccc(OCc2ccc(Cl)c(Cl)c2)cc1)CO3. The lowest BCUT2D eigenvalue weighted by Gasteiger charge is -2.31. The fourth-order valence-corrected chi connectivity index (χ4v) is 6.72. The lowest BCUT2D eigenvalue weighted by Crippen LogP contribution is -2.53. The summed E-state index contributed by atoms with van der Waals surface area (Å²) in [5.41, 5.74) is 6.56. The number of ether oxygens (including phenoxy) is 5. The van der Waals surface area contributed by atoms with Gasteiger partial charge in [-0.2, -0.15) is 0 Å². The summed E-state index contributed by atoms with van der Waals surface area (Å²) in [6.07, 6.45) is 2.08. The lowest BCUT2D eigenvalue weighted by molar-refractivity contribution is -0.145. The molecule has 7 rings (SSSR count). The van der Waals surface area contributed by atoms with Crippen molar-refractivity contribution < 1.29 is 33.3 Å². The van der Waals surface area contributed by atoms with Crippen LogP contribution in [-0.4, -0.2) is 42.7 Å². The van der Waals surface area contributed by atoms with Gasteiger partial charge in [0.05, 0.1) is 23.2 Å². The number of rotatable bonds is 11. The van der Waals surface area contributed by atoms with Crippen molar-refractivity contribution in [1.29, 1.82) is 0 Å². The molecule has 0 radical (unpaired) electrons. The molecule has 0 saturated carbocycles. The Morgan fingerprint density at radius 1 is 0.907 bits per heavy atom. The number of carbonyl (C=O) groups excluding carboxylic acids is 2. The van der Waals surface area contributed by atoms with E-state index in [1.165, 1.54) is 7.11 Å². The number of nitrogens with zero attached hydrogens (tertiary/aromatic N) is 1. The van der Waals surface area contributed by atoms with Crippen LogP contribution in [0.15, 0.2) is 91.1 Å². The van der Waals surface area contributed by atoms with Crippen LogP contribution >= 0.6 is 23.2 Å². The zero-order valence-electron chi connectivity index (χ0n) is 30.0. The Balaban J connectivity index is 0.942. The Hall–Kier alpha value is -5.29. The maximum Gasteiger partial charge on any atom is 0.328 e. The quantitative estimate of drug-likeness (QED) is 0.130. The molecule has 1 amide bonds. The maximum absolute atomic E-state index is 13.5. The van der Waals surface area contributed by atoms with E-state index in [0.717, 1.165) is 44.8 Å². The van der Waals surface area contributed by atoms with Crippen molar-refractivity contribution >= 4 is 35.1 Å². The predicted octanol–water partition coefficient (Wildman–Crippen LogP) is 7.80. The van der Waals surface area contributed by atoms with Crippen LogP contribution < -0.4 is 29.6 Å². The number of aromatic nitrogens is 1. The molecule has 4 aromatic carbocycles. The average Bonchev–Trinajstić information content (AvgIpc) is 3.19. The van der Waals surface area contributed by atoms with Crippen LogP contribution in [0.4, 0.5) is 0 Å². The number of methoxy groups -OCH3 is 1. The molecule has 278 valence electrons. The minimum atomic E-state index is -0.872. The highest BCUT2D eigenvalue weighted by Gasteiger charge is 2.31. The number of benzene rings is 4. The topological polar surface area (TPSA) is 117 Å². The van der Waals surface area contributed by atoms with Crippen molar-refractivity contribution in [1.82, 2.24) is 15.6 Å². The van der Waals surface area contributed by atoms with Gasteiger partial charge in [0.2, 0.25) is 5.91 Å². The second-order valence-corrected chi connectivity index (χ2v) is 14.1. The van der Waals surface area contributed by atoms with Crippen LogP contribution in [-0.2, 0) is 40.3 Å². The number of carbonyl (C=O) groups is 2. The molecule has 2 aliphatic rings. The third-order valence-electron chi connectivity index (χ3n) is 9.65. The van der Waals surface area contributed by atoms with Gasteiger partial charge in [-0.05, 0) is 103 Å². The number of pyridine rings is 1. The Bertz CT molecular complexity index is 2160. The van der Waals surface area contributed by atoms with E-state index in [4.69, 9.17) is 46.9 Å². The summed E-state index contributed by atoms with van der Waals surface area (Å²) >= 11 is 12.1. The smallest absolute Gasteiger partial charge is 0.328 e. The first-order valence-electron chi connectivity index (χ1n) is 17.6. The highest BCUT2D eigenvalue weighted by atomic mass is 35.5. The summed E-state index contributed by atoms with van der Waals surface area (Å²) in [7, 11) is 1.31. The van der Waals surface area contributed by atoms with E-state index in [9.17, 15) is 9.59 Å². The van der Waals surface area contributed by atoms with Gasteiger partial charge in [0.25, 0.3) is 0 Å². The summed E-state index contributed by atoms with van der Waals surface area (Å²) in [6, 6.07) is 24.9. The molecule has 2 unspecified atom stereocenters. The predicted molar refractivity (Wildman–Crippen MR) is 205 cm³/mol. The van der Waals surface area contributed by atoms with Gasteiger partial charge in [0, 0.05) is 30.4 Å². The van der Waals surface area contributed by atoms with Crippen LogP contribution in [0.2, 0.25) is 10.0 Å². The van der Waals surface area contributed by atoms with E-state index in [-0.39, 0.29) is 18.4 Å². The summed E-state index contributed by atoms with van der Waals surface area (Å²) in [5, 5.41) is 7.22. The average molecular weight is 769 g/mol. The molecule has 3 heterocycles. The molecule has 0 fully saturated rings. The number of fused-ring (bicyclic) bond motifs is 2. The molecular weight excluding hydrogens is 729 g/mol. The van der Waals surface area contributed by atoms with Crippen LogP contribution in [0.1, 0.15) is 45.2 Å². The highest BCUT2D eigenvalue weighted by Crippen LogP contribution is 2.40. The standard InChI is InChI=1S/C42H39Cl2N3O7/c1-24-25(2)45-15-14-37(24)53-32-9-4-26(5-10-32)17-36(42(49)50-3)47-41(48)35-18-29-19-38-39(20-30(29)21-46-35)54-40(23-52-38)28-7-11-31(12-8-28)51-22-27-6-13-33(43)34(44)16-27/h4-16,19-20,35-36,40,46H,17-18,21-23H2,1-3H3,(H,47,48)/t35?,36-,40?/m0/s1. The van der Waals surface area contributed by atoms with Crippen molar-refractivity contribution in [3.8, 4) is 28.7 Å². The second kappa shape index (κ2) is 16.4. The molecule has 0 spiro atoms. The fraction of sp³-hybridized carbons (Fsp3) is 0.262. The first-order chi connectivity index (χ1) is 26.1. The zero-order chi connectivity index (χ0) is 37.8. The summed E-state index contributed by atoms with van der Waals surface area (Å²) in [5.74, 6) is 2.55. The molecule has 1 aromatic heterocycles. The number of esters is 1. The molecule has 5 aromatic rings. The molecular formula is C42H39Cl2N3O7. The van der Waals surface area contributed by atoms with Crippen molar-refractivity contribution in [3.63, 3.8) is 0 Å². The van der Waals surface area contributed by atoms with E-state index in [1.54, 1.807) is 18.3 Å². The van der Waals surface area contributed by atoms with E-state index < -0.39 is 18.1 Å². The molecule has 10 nitrogen and oxygen atoms in total. The molecule has 54 heavy (non-hydrogen) atoms. The van der Waals surface area contributed by atoms with Crippen LogP contribution in [0, 0.1) is 13.8 Å². The van der Waals surface area contributed by atoms with E-state index >= 15 is 0 Å². The van der Waals surface area contributed by atoms with Crippen molar-refractivity contribution in [2.24, 2.45) is 0 Å². The third-order valence-corrected chi connectivity index (χ3v) is 10.4. The Kier molecular flexibility index (Phi) is 11.2. The number of hydrogen-bond acceptors (Lipinski definition) is 9. The number of nitrogens with one attached hydrogen (secondary N) is 2. The normalized spacial score (nSPS) is 16.5. The first kappa shape index (κ1) is 37.0. The van der Waals surface area contributed by atoms with E-state index in [0.29, 0.717) is 59.2 Å². The largest absolute Gasteiger partial charge is 0.489 e. The minimum absolute atomic E-state index is 0.254. The van der Waals surface area contributed by atoms with E-state index in [2.05, 4.69) is 15.6 Å². The van der Waals surface area contributed by atoms with Crippen molar-refractivity contribution in [2.75, 3.05) is 13.7 Å². The molecule has 2 N–H and O–H groups in total. The van der Waals surface area contributed by atoms with Crippen LogP contribution in [0.5, 0.6) is 28.7 Å². The summed E-state index contributed by atoms with van der Waals surface area (Å²) in [6.45, 7) is 5.03. The third kappa shape index (κ3) is 8.57. The number of halogens is 2. The van der Waals surface area contributed by atoms with Gasteiger partial charge in [0.1, 0.15) is 36.5 Å². The summed E-state index contributed by atoms with van der Waals surface area (Å²) < 4.78 is 29.6. The number of hydrogen-bond donors (Lipinski definition) is 2. The van der Waals surface area contributed by atoms with Gasteiger partial charge in [-0.1, -0.05) is 53.5 Å². The molecule has 2 aliphatic heterocycles. The van der Waals surface area contributed by atoms with Gasteiger partial charge in [-0.3, -0.25) is 9.78 Å². The van der Waals surface area contributed by atoms with Gasteiger partial charge < -0.3 is 34.3 Å². The minimum Gasteiger partial charge on any atom is -0.489 e. The van der Waals surface area contributed by atoms with Crippen LogP contribution in [0.25, 0.3) is 0 Å².